The molecule has 1 N–H and O–H groups in total. The van der Waals surface area contributed by atoms with Crippen molar-refractivity contribution in [2.75, 3.05) is 0 Å². The van der Waals surface area contributed by atoms with Gasteiger partial charge in [0.2, 0.25) is 0 Å². The van der Waals surface area contributed by atoms with Crippen LogP contribution in [0.2, 0.25) is 0 Å². The molecule has 0 aliphatic carbocycles. The van der Waals surface area contributed by atoms with E-state index in [0.29, 0.717) is 0 Å². The first-order valence-corrected chi connectivity index (χ1v) is 4.55. The summed E-state index contributed by atoms with van der Waals surface area (Å²) in [4.78, 5) is 20.6. The lowest BCUT2D eigenvalue weighted by molar-refractivity contribution is -0.389. The molecule has 0 aliphatic heterocycles. The minimum atomic E-state index is -1.12. The topological polar surface area (TPSA) is 111 Å². The molecule has 17 heavy (non-hydrogen) atoms. The Bertz CT molecular complexity index is 571. The molecule has 0 amide bonds. The van der Waals surface area contributed by atoms with Crippen LogP contribution in [0.1, 0.15) is 16.1 Å². The smallest absolute Gasteiger partial charge is 0.389 e. The van der Waals surface area contributed by atoms with Crippen LogP contribution in [0.4, 0.5) is 5.82 Å². The summed E-state index contributed by atoms with van der Waals surface area (Å²) in [6.07, 6.45) is 2.63. The number of aromatic carboxylic acids is 1. The van der Waals surface area contributed by atoms with Gasteiger partial charge >= 0.3 is 11.8 Å². The summed E-state index contributed by atoms with van der Waals surface area (Å²) in [5.41, 5.74) is 0.0168. The monoisotopic (exact) mass is 237 g/mol. The van der Waals surface area contributed by atoms with E-state index < -0.39 is 10.9 Å². The lowest BCUT2D eigenvalue weighted by Gasteiger charge is -1.95. The van der Waals surface area contributed by atoms with Gasteiger partial charge < -0.3 is 19.6 Å². The van der Waals surface area contributed by atoms with Gasteiger partial charge in [-0.05, 0) is 11.0 Å². The third-order valence-corrected chi connectivity index (χ3v) is 2.10. The van der Waals surface area contributed by atoms with Crippen LogP contribution in [0.5, 0.6) is 0 Å². The number of carboxylic acids is 1. The Morgan fingerprint density at radius 1 is 1.59 bits per heavy atom. The first kappa shape index (κ1) is 10.9. The van der Waals surface area contributed by atoms with Crippen LogP contribution in [0, 0.1) is 10.1 Å². The van der Waals surface area contributed by atoms with Gasteiger partial charge in [0, 0.05) is 0 Å². The highest BCUT2D eigenvalue weighted by Crippen LogP contribution is 2.13. The van der Waals surface area contributed by atoms with Gasteiger partial charge in [-0.1, -0.05) is 0 Å². The van der Waals surface area contributed by atoms with Gasteiger partial charge in [0.25, 0.3) is 0 Å². The standard InChI is InChI=1S/C9H7N3O5/c13-9(14)6-2-4-17-7(6)5-11-3-1-8(10-11)12(15)16/h1-4H,5H2,(H,13,14). The van der Waals surface area contributed by atoms with Gasteiger partial charge in [-0.25, -0.2) is 4.79 Å². The molecule has 0 spiro atoms. The second-order valence-electron chi connectivity index (χ2n) is 3.19. The maximum Gasteiger partial charge on any atom is 0.389 e. The predicted molar refractivity (Wildman–Crippen MR) is 53.7 cm³/mol. The van der Waals surface area contributed by atoms with E-state index in [1.165, 1.54) is 29.3 Å². The van der Waals surface area contributed by atoms with Gasteiger partial charge in [-0.2, -0.15) is 4.68 Å². The molecular weight excluding hydrogens is 230 g/mol. The van der Waals surface area contributed by atoms with Crippen molar-refractivity contribution >= 4 is 11.8 Å². The molecule has 0 unspecified atom stereocenters. The average molecular weight is 237 g/mol. The summed E-state index contributed by atoms with van der Waals surface area (Å²) in [7, 11) is 0. The van der Waals surface area contributed by atoms with E-state index in [9.17, 15) is 14.9 Å². The van der Waals surface area contributed by atoms with E-state index in [4.69, 9.17) is 9.52 Å². The van der Waals surface area contributed by atoms with Crippen molar-refractivity contribution in [2.24, 2.45) is 0 Å². The zero-order valence-corrected chi connectivity index (χ0v) is 8.44. The highest BCUT2D eigenvalue weighted by molar-refractivity contribution is 5.88. The maximum absolute atomic E-state index is 10.8. The summed E-state index contributed by atoms with van der Waals surface area (Å²) >= 11 is 0. The lowest BCUT2D eigenvalue weighted by atomic mass is 10.2. The van der Waals surface area contributed by atoms with Crippen molar-refractivity contribution in [2.45, 2.75) is 6.54 Å². The molecule has 2 aromatic rings. The van der Waals surface area contributed by atoms with Crippen LogP contribution < -0.4 is 0 Å². The molecule has 0 aromatic carbocycles. The molecule has 0 atom stereocenters. The van der Waals surface area contributed by atoms with Gasteiger partial charge in [-0.15, -0.1) is 0 Å². The normalized spacial score (nSPS) is 10.4. The molecule has 2 rings (SSSR count). The van der Waals surface area contributed by atoms with E-state index in [2.05, 4.69) is 5.10 Å². The Morgan fingerprint density at radius 2 is 2.35 bits per heavy atom. The third kappa shape index (κ3) is 2.14. The van der Waals surface area contributed by atoms with Crippen LogP contribution in [-0.2, 0) is 6.54 Å². The Kier molecular flexibility index (Phi) is 2.61. The number of hydrogen-bond acceptors (Lipinski definition) is 5. The zero-order valence-electron chi connectivity index (χ0n) is 8.44. The van der Waals surface area contributed by atoms with Gasteiger partial charge in [0.15, 0.2) is 0 Å². The molecular formula is C9H7N3O5. The molecule has 8 heteroatoms. The van der Waals surface area contributed by atoms with E-state index in [0.717, 1.165) is 0 Å². The predicted octanol–water partition coefficient (Wildman–Crippen LogP) is 1.13. The largest absolute Gasteiger partial charge is 0.478 e. The molecule has 2 heterocycles. The number of hydrogen-bond donors (Lipinski definition) is 1. The average Bonchev–Trinajstić information content (AvgIpc) is 2.86. The number of rotatable bonds is 4. The van der Waals surface area contributed by atoms with E-state index in [-0.39, 0.29) is 23.7 Å². The highest BCUT2D eigenvalue weighted by Gasteiger charge is 2.17. The lowest BCUT2D eigenvalue weighted by Crippen LogP contribution is -2.05. The van der Waals surface area contributed by atoms with Crippen molar-refractivity contribution in [1.82, 2.24) is 9.78 Å². The number of furan rings is 1. The molecule has 2 aromatic heterocycles. The number of aromatic nitrogens is 2. The summed E-state index contributed by atoms with van der Waals surface area (Å²) in [5.74, 6) is -1.22. The summed E-state index contributed by atoms with van der Waals surface area (Å²) < 4.78 is 6.23. The molecule has 88 valence electrons. The molecule has 0 fully saturated rings. The fraction of sp³-hybridized carbons (Fsp3) is 0.111. The Balaban J connectivity index is 2.22. The van der Waals surface area contributed by atoms with E-state index in [1.54, 1.807) is 0 Å². The van der Waals surface area contributed by atoms with Crippen LogP contribution in [-0.4, -0.2) is 25.8 Å². The first-order chi connectivity index (χ1) is 8.08. The second kappa shape index (κ2) is 4.08. The molecule has 8 nitrogen and oxygen atoms in total. The van der Waals surface area contributed by atoms with Crippen molar-refractivity contribution in [3.8, 4) is 0 Å². The molecule has 0 aliphatic rings. The SMILES string of the molecule is O=C(O)c1ccoc1Cn1ccc([N+](=O)[O-])n1. The fourth-order valence-electron chi connectivity index (χ4n) is 1.34. The zero-order chi connectivity index (χ0) is 12.4. The van der Waals surface area contributed by atoms with Crippen molar-refractivity contribution in [1.29, 1.82) is 0 Å². The van der Waals surface area contributed by atoms with Crippen molar-refractivity contribution in [3.05, 3.63) is 46.0 Å². The highest BCUT2D eigenvalue weighted by atomic mass is 16.6. The summed E-state index contributed by atoms with van der Waals surface area (Å²) in [6.45, 7) is 0.0302. The molecule has 0 saturated carbocycles. The molecule has 0 saturated heterocycles. The van der Waals surface area contributed by atoms with Crippen molar-refractivity contribution < 1.29 is 19.2 Å². The van der Waals surface area contributed by atoms with E-state index >= 15 is 0 Å². The molecule has 0 radical (unpaired) electrons. The van der Waals surface area contributed by atoms with Gasteiger partial charge in [0.1, 0.15) is 17.9 Å². The Labute approximate surface area is 94.2 Å². The Morgan fingerprint density at radius 3 is 2.94 bits per heavy atom. The maximum atomic E-state index is 10.8. The number of nitro groups is 1. The quantitative estimate of drug-likeness (QED) is 0.630. The number of carbonyl (C=O) groups is 1. The van der Waals surface area contributed by atoms with Crippen LogP contribution in [0.15, 0.2) is 29.0 Å². The van der Waals surface area contributed by atoms with Crippen LogP contribution in [0.3, 0.4) is 0 Å². The molecule has 0 bridgehead atoms. The van der Waals surface area contributed by atoms with Crippen LogP contribution in [0.25, 0.3) is 0 Å². The van der Waals surface area contributed by atoms with Gasteiger partial charge in [-0.3, -0.25) is 0 Å². The van der Waals surface area contributed by atoms with Crippen LogP contribution >= 0.6 is 0 Å². The third-order valence-electron chi connectivity index (χ3n) is 2.10. The number of carboxylic acid groups (broad SMARTS) is 1. The Hall–Kier alpha value is -2.64. The summed E-state index contributed by atoms with van der Waals surface area (Å²) in [5, 5.41) is 22.9. The summed E-state index contributed by atoms with van der Waals surface area (Å²) in [6, 6.07) is 2.54. The van der Waals surface area contributed by atoms with E-state index in [1.807, 2.05) is 0 Å². The van der Waals surface area contributed by atoms with Gasteiger partial charge in [0.05, 0.1) is 23.6 Å². The van der Waals surface area contributed by atoms with Crippen molar-refractivity contribution in [3.63, 3.8) is 0 Å². The number of nitrogens with zero attached hydrogens (tertiary/aromatic N) is 3. The second-order valence-corrected chi connectivity index (χ2v) is 3.19. The first-order valence-electron chi connectivity index (χ1n) is 4.55. The minimum absolute atomic E-state index is 0.0168. The minimum Gasteiger partial charge on any atom is -0.478 e. The fourth-order valence-corrected chi connectivity index (χ4v) is 1.34.